The minimum atomic E-state index is -0.443. The minimum absolute atomic E-state index is 0.257. The van der Waals surface area contributed by atoms with Gasteiger partial charge in [0, 0.05) is 10.6 Å². The fourth-order valence-electron chi connectivity index (χ4n) is 2.41. The summed E-state index contributed by atoms with van der Waals surface area (Å²) in [5.41, 5.74) is 4.72. The van der Waals surface area contributed by atoms with Gasteiger partial charge in [0.15, 0.2) is 4.32 Å². The smallest absolute Gasteiger partial charge is 0.285 e. The fraction of sp³-hybridized carbons (Fsp3) is 0.105. The van der Waals surface area contributed by atoms with Crippen LogP contribution in [-0.4, -0.2) is 28.3 Å². The van der Waals surface area contributed by atoms with Crippen molar-refractivity contribution in [1.82, 2.24) is 10.4 Å². The maximum absolute atomic E-state index is 12.6. The fourth-order valence-corrected chi connectivity index (χ4v) is 3.71. The van der Waals surface area contributed by atoms with Gasteiger partial charge in [-0.2, -0.15) is 5.01 Å². The van der Waals surface area contributed by atoms with Gasteiger partial charge in [-0.05, 0) is 66.7 Å². The lowest BCUT2D eigenvalue weighted by atomic mass is 10.1. The molecule has 2 aromatic rings. The van der Waals surface area contributed by atoms with E-state index in [0.717, 1.165) is 33.6 Å². The summed E-state index contributed by atoms with van der Waals surface area (Å²) in [6, 6.07) is 12.0. The molecule has 1 aliphatic rings. The molecule has 0 saturated carbocycles. The van der Waals surface area contributed by atoms with Gasteiger partial charge < -0.3 is 4.74 Å². The van der Waals surface area contributed by atoms with Crippen molar-refractivity contribution < 1.29 is 14.3 Å². The lowest BCUT2D eigenvalue weighted by Crippen LogP contribution is -2.44. The molecule has 138 valence electrons. The monoisotopic (exact) mass is 418 g/mol. The van der Waals surface area contributed by atoms with E-state index >= 15 is 0 Å². The summed E-state index contributed by atoms with van der Waals surface area (Å²) < 4.78 is 5.56. The van der Waals surface area contributed by atoms with Gasteiger partial charge in [0.2, 0.25) is 0 Å². The zero-order valence-corrected chi connectivity index (χ0v) is 16.9. The van der Waals surface area contributed by atoms with E-state index in [2.05, 4.69) is 5.43 Å². The highest BCUT2D eigenvalue weighted by atomic mass is 35.5. The van der Waals surface area contributed by atoms with Gasteiger partial charge in [-0.15, -0.1) is 0 Å². The molecule has 1 heterocycles. The zero-order valence-electron chi connectivity index (χ0n) is 14.5. The van der Waals surface area contributed by atoms with E-state index in [1.54, 1.807) is 37.5 Å². The molecule has 1 N–H and O–H groups in total. The molecule has 0 spiro atoms. The van der Waals surface area contributed by atoms with Crippen LogP contribution in [0.3, 0.4) is 0 Å². The number of thioether (sulfide) groups is 1. The predicted octanol–water partition coefficient (Wildman–Crippen LogP) is 4.20. The van der Waals surface area contributed by atoms with Gasteiger partial charge in [0.05, 0.1) is 12.0 Å². The highest BCUT2D eigenvalue weighted by molar-refractivity contribution is 8.26. The molecule has 8 heteroatoms. The van der Waals surface area contributed by atoms with Crippen LogP contribution in [0.15, 0.2) is 47.4 Å². The SMILES string of the molecule is COc1cc(/C=C2/SC(=S)N(NC(=O)c3ccc(Cl)cc3)C2=O)ccc1C. The van der Waals surface area contributed by atoms with E-state index in [1.165, 1.54) is 0 Å². The van der Waals surface area contributed by atoms with Gasteiger partial charge in [0.1, 0.15) is 5.75 Å². The third-order valence-corrected chi connectivity index (χ3v) is 5.40. The number of hydrogen-bond acceptors (Lipinski definition) is 5. The summed E-state index contributed by atoms with van der Waals surface area (Å²) in [5, 5.41) is 1.60. The zero-order chi connectivity index (χ0) is 19.6. The number of thiocarbonyl (C=S) groups is 1. The third-order valence-electron chi connectivity index (χ3n) is 3.84. The molecule has 3 rings (SSSR count). The number of carbonyl (C=O) groups is 2. The second-order valence-corrected chi connectivity index (χ2v) is 7.81. The Morgan fingerprint density at radius 3 is 2.63 bits per heavy atom. The Bertz CT molecular complexity index is 958. The normalized spacial score (nSPS) is 15.4. The Morgan fingerprint density at radius 1 is 1.26 bits per heavy atom. The van der Waals surface area contributed by atoms with Gasteiger partial charge in [-0.1, -0.05) is 35.5 Å². The number of rotatable bonds is 4. The standard InChI is InChI=1S/C19H15ClN2O3S2/c1-11-3-4-12(9-15(11)25-2)10-16-18(24)22(19(26)27-16)21-17(23)13-5-7-14(20)8-6-13/h3-10H,1-2H3,(H,21,23)/b16-10+. The van der Waals surface area contributed by atoms with Crippen molar-refractivity contribution in [3.8, 4) is 5.75 Å². The van der Waals surface area contributed by atoms with Gasteiger partial charge in [-0.3, -0.25) is 15.0 Å². The number of nitrogens with zero attached hydrogens (tertiary/aromatic N) is 1. The Balaban J connectivity index is 1.78. The van der Waals surface area contributed by atoms with Crippen molar-refractivity contribution in [3.63, 3.8) is 0 Å². The highest BCUT2D eigenvalue weighted by Gasteiger charge is 2.33. The minimum Gasteiger partial charge on any atom is -0.496 e. The van der Waals surface area contributed by atoms with Crippen LogP contribution < -0.4 is 10.2 Å². The maximum atomic E-state index is 12.6. The molecule has 27 heavy (non-hydrogen) atoms. The summed E-state index contributed by atoms with van der Waals surface area (Å²) in [6.45, 7) is 1.94. The van der Waals surface area contributed by atoms with E-state index in [0.29, 0.717) is 15.5 Å². The molecule has 2 aromatic carbocycles. The highest BCUT2D eigenvalue weighted by Crippen LogP contribution is 2.32. The molecule has 2 amide bonds. The number of hydrazine groups is 1. The summed E-state index contributed by atoms with van der Waals surface area (Å²) in [7, 11) is 1.60. The second-order valence-electron chi connectivity index (χ2n) is 5.69. The largest absolute Gasteiger partial charge is 0.496 e. The molecule has 0 aromatic heterocycles. The van der Waals surface area contributed by atoms with Crippen LogP contribution in [0.25, 0.3) is 6.08 Å². The first kappa shape index (κ1) is 19.4. The number of amides is 2. The van der Waals surface area contributed by atoms with Crippen molar-refractivity contribution in [2.45, 2.75) is 6.92 Å². The first-order valence-corrected chi connectivity index (χ1v) is 9.48. The van der Waals surface area contributed by atoms with E-state index in [4.69, 9.17) is 28.6 Å². The Kier molecular flexibility index (Phi) is 5.84. The Hall–Kier alpha value is -2.35. The van der Waals surface area contributed by atoms with E-state index in [-0.39, 0.29) is 10.2 Å². The molecule has 0 unspecified atom stereocenters. The van der Waals surface area contributed by atoms with Crippen LogP contribution in [0.1, 0.15) is 21.5 Å². The first-order valence-electron chi connectivity index (χ1n) is 7.88. The number of methoxy groups -OCH3 is 1. The third kappa shape index (κ3) is 4.32. The van der Waals surface area contributed by atoms with Crippen molar-refractivity contribution >= 4 is 57.8 Å². The number of aryl methyl sites for hydroxylation is 1. The summed E-state index contributed by atoms with van der Waals surface area (Å²) in [6.07, 6.45) is 1.72. The van der Waals surface area contributed by atoms with E-state index in [9.17, 15) is 9.59 Å². The van der Waals surface area contributed by atoms with Crippen LogP contribution in [0.2, 0.25) is 5.02 Å². The Morgan fingerprint density at radius 2 is 1.96 bits per heavy atom. The molecule has 0 radical (unpaired) electrons. The van der Waals surface area contributed by atoms with Gasteiger partial charge >= 0.3 is 0 Å². The molecule has 1 aliphatic heterocycles. The molecule has 1 saturated heterocycles. The van der Waals surface area contributed by atoms with Crippen LogP contribution in [0.5, 0.6) is 5.75 Å². The molecule has 0 bridgehead atoms. The van der Waals surface area contributed by atoms with Crippen molar-refractivity contribution in [3.05, 3.63) is 69.1 Å². The van der Waals surface area contributed by atoms with E-state index in [1.807, 2.05) is 25.1 Å². The maximum Gasteiger partial charge on any atom is 0.285 e. The number of benzene rings is 2. The van der Waals surface area contributed by atoms with Crippen LogP contribution in [0.4, 0.5) is 0 Å². The summed E-state index contributed by atoms with van der Waals surface area (Å²) in [5.74, 6) is -0.0941. The second kappa shape index (κ2) is 8.12. The van der Waals surface area contributed by atoms with Gasteiger partial charge in [0.25, 0.3) is 11.8 Å². The van der Waals surface area contributed by atoms with E-state index < -0.39 is 5.91 Å². The lowest BCUT2D eigenvalue weighted by molar-refractivity contribution is -0.123. The average molecular weight is 419 g/mol. The number of nitrogens with one attached hydrogen (secondary N) is 1. The lowest BCUT2D eigenvalue weighted by Gasteiger charge is -2.15. The van der Waals surface area contributed by atoms with Crippen LogP contribution in [-0.2, 0) is 4.79 Å². The molecule has 1 fully saturated rings. The Labute approximate surface area is 171 Å². The summed E-state index contributed by atoms with van der Waals surface area (Å²) in [4.78, 5) is 25.4. The van der Waals surface area contributed by atoms with Crippen molar-refractivity contribution in [2.75, 3.05) is 7.11 Å². The molecule has 0 atom stereocenters. The quantitative estimate of drug-likeness (QED) is 0.595. The van der Waals surface area contributed by atoms with Crippen molar-refractivity contribution in [2.24, 2.45) is 0 Å². The number of halogens is 1. The number of ether oxygens (including phenoxy) is 1. The average Bonchev–Trinajstić information content (AvgIpc) is 2.91. The van der Waals surface area contributed by atoms with Gasteiger partial charge in [-0.25, -0.2) is 0 Å². The number of carbonyl (C=O) groups excluding carboxylic acids is 2. The molecular formula is C19H15ClN2O3S2. The molecule has 5 nitrogen and oxygen atoms in total. The van der Waals surface area contributed by atoms with Crippen LogP contribution >= 0.6 is 35.6 Å². The predicted molar refractivity (Wildman–Crippen MR) is 112 cm³/mol. The first-order chi connectivity index (χ1) is 12.9. The van der Waals surface area contributed by atoms with Crippen molar-refractivity contribution in [1.29, 1.82) is 0 Å². The topological polar surface area (TPSA) is 58.6 Å². The number of hydrogen-bond donors (Lipinski definition) is 1. The van der Waals surface area contributed by atoms with Crippen LogP contribution in [0, 0.1) is 6.92 Å². The molecular weight excluding hydrogens is 404 g/mol. The molecule has 0 aliphatic carbocycles. The summed E-state index contributed by atoms with van der Waals surface area (Å²) >= 11 is 12.2.